The molecular weight excluding hydrogens is 74.1 g/mol. The molecule has 0 aromatic rings. The maximum atomic E-state index is 3.76. The van der Waals surface area contributed by atoms with Gasteiger partial charge in [0.15, 0.2) is 0 Å². The van der Waals surface area contributed by atoms with Crippen molar-refractivity contribution in [2.45, 2.75) is 0 Å². The van der Waals surface area contributed by atoms with E-state index in [2.05, 4.69) is 11.6 Å². The van der Waals surface area contributed by atoms with Gasteiger partial charge in [-0.2, -0.15) is 0 Å². The number of hydrogen-bond acceptors (Lipinski definition) is 1. The first-order chi connectivity index (χ1) is 2.89. The third-order valence-electron chi connectivity index (χ3n) is 0.615. The molecule has 30 valence electrons. The molecular formula is C5H5N. The van der Waals surface area contributed by atoms with E-state index in [4.69, 9.17) is 0 Å². The third kappa shape index (κ3) is 0.385. The van der Waals surface area contributed by atoms with Gasteiger partial charge in [0.05, 0.1) is 0 Å². The Morgan fingerprint density at radius 1 is 1.67 bits per heavy atom. The lowest BCUT2D eigenvalue weighted by Crippen LogP contribution is -1.62. The van der Waals surface area contributed by atoms with Crippen molar-refractivity contribution in [2.24, 2.45) is 4.99 Å². The highest BCUT2D eigenvalue weighted by Crippen LogP contribution is 1.94. The van der Waals surface area contributed by atoms with E-state index < -0.39 is 0 Å². The van der Waals surface area contributed by atoms with Crippen LogP contribution >= 0.6 is 0 Å². The summed E-state index contributed by atoms with van der Waals surface area (Å²) in [4.78, 5) is 3.76. The van der Waals surface area contributed by atoms with Gasteiger partial charge in [-0.25, -0.2) is 0 Å². The van der Waals surface area contributed by atoms with Crippen LogP contribution in [0, 0.1) is 0 Å². The van der Waals surface area contributed by atoms with Gasteiger partial charge in [0.1, 0.15) is 0 Å². The van der Waals surface area contributed by atoms with Gasteiger partial charge in [-0.3, -0.25) is 4.99 Å². The van der Waals surface area contributed by atoms with E-state index in [1.807, 2.05) is 6.08 Å². The Labute approximate surface area is 36.7 Å². The van der Waals surface area contributed by atoms with Crippen LogP contribution in [0.2, 0.25) is 0 Å². The van der Waals surface area contributed by atoms with Gasteiger partial charge in [0, 0.05) is 12.4 Å². The Balaban J connectivity index is 2.86. The SMILES string of the molecule is C=C1C=CN=C1. The van der Waals surface area contributed by atoms with E-state index in [-0.39, 0.29) is 0 Å². The summed E-state index contributed by atoms with van der Waals surface area (Å²) >= 11 is 0. The Bertz CT molecular complexity index is 106. The predicted molar refractivity (Wildman–Crippen MR) is 26.8 cm³/mol. The monoisotopic (exact) mass is 79.0 g/mol. The standard InChI is InChI=1S/C5H5N/c1-5-2-3-6-4-5/h2-4H,1H2. The van der Waals surface area contributed by atoms with Crippen molar-refractivity contribution in [3.05, 3.63) is 24.4 Å². The molecule has 1 nitrogen and oxygen atoms in total. The van der Waals surface area contributed by atoms with Crippen molar-refractivity contribution in [3.8, 4) is 0 Å². The number of allylic oxidation sites excluding steroid dienone is 2. The van der Waals surface area contributed by atoms with Gasteiger partial charge in [-0.05, 0) is 11.6 Å². The number of nitrogens with zero attached hydrogens (tertiary/aromatic N) is 1. The Hall–Kier alpha value is -0.850. The smallest absolute Gasteiger partial charge is 0.0334 e. The van der Waals surface area contributed by atoms with E-state index in [1.54, 1.807) is 12.4 Å². The molecule has 6 heavy (non-hydrogen) atoms. The zero-order chi connectivity index (χ0) is 4.41. The Kier molecular flexibility index (Phi) is 0.607. The van der Waals surface area contributed by atoms with Gasteiger partial charge >= 0.3 is 0 Å². The van der Waals surface area contributed by atoms with Crippen molar-refractivity contribution in [1.29, 1.82) is 0 Å². The summed E-state index contributed by atoms with van der Waals surface area (Å²) < 4.78 is 0. The van der Waals surface area contributed by atoms with Gasteiger partial charge in [-0.15, -0.1) is 0 Å². The van der Waals surface area contributed by atoms with Crippen molar-refractivity contribution in [3.63, 3.8) is 0 Å². The van der Waals surface area contributed by atoms with Crippen LogP contribution in [-0.2, 0) is 0 Å². The second-order valence-corrected chi connectivity index (χ2v) is 1.17. The largest absolute Gasteiger partial charge is 0.264 e. The Morgan fingerprint density at radius 3 is 2.67 bits per heavy atom. The lowest BCUT2D eigenvalue weighted by Gasteiger charge is -1.68. The Morgan fingerprint density at radius 2 is 2.50 bits per heavy atom. The zero-order valence-corrected chi connectivity index (χ0v) is 3.39. The van der Waals surface area contributed by atoms with E-state index in [0.717, 1.165) is 5.57 Å². The highest BCUT2D eigenvalue weighted by molar-refractivity contribution is 5.84. The minimum absolute atomic E-state index is 0.981. The van der Waals surface area contributed by atoms with E-state index in [0.29, 0.717) is 0 Å². The van der Waals surface area contributed by atoms with Crippen molar-refractivity contribution >= 4 is 6.21 Å². The second kappa shape index (κ2) is 1.09. The molecule has 1 aliphatic heterocycles. The highest BCUT2D eigenvalue weighted by Gasteiger charge is 1.82. The molecule has 1 rings (SSSR count). The topological polar surface area (TPSA) is 12.4 Å². The lowest BCUT2D eigenvalue weighted by atomic mass is 10.4. The summed E-state index contributed by atoms with van der Waals surface area (Å²) in [6, 6.07) is 0. The molecule has 0 radical (unpaired) electrons. The molecule has 0 aliphatic carbocycles. The van der Waals surface area contributed by atoms with E-state index in [9.17, 15) is 0 Å². The first-order valence-corrected chi connectivity index (χ1v) is 1.78. The molecule has 0 unspecified atom stereocenters. The quantitative estimate of drug-likeness (QED) is 0.413. The molecule has 1 heteroatoms. The molecule has 0 amide bonds. The molecule has 0 saturated carbocycles. The van der Waals surface area contributed by atoms with Crippen LogP contribution in [0.4, 0.5) is 0 Å². The summed E-state index contributed by atoms with van der Waals surface area (Å²) in [7, 11) is 0. The average Bonchev–Trinajstić information content (AvgIpc) is 1.86. The minimum atomic E-state index is 0.981. The van der Waals surface area contributed by atoms with Crippen molar-refractivity contribution in [2.75, 3.05) is 0 Å². The maximum absolute atomic E-state index is 3.76. The fraction of sp³-hybridized carbons (Fsp3) is 0. The molecule has 1 aliphatic rings. The van der Waals surface area contributed by atoms with Gasteiger partial charge in [0.2, 0.25) is 0 Å². The molecule has 0 N–H and O–H groups in total. The maximum Gasteiger partial charge on any atom is 0.0334 e. The number of hydrogen-bond donors (Lipinski definition) is 0. The molecule has 0 saturated heterocycles. The fourth-order valence-corrected chi connectivity index (χ4v) is 0.321. The zero-order valence-electron chi connectivity index (χ0n) is 3.39. The molecule has 0 atom stereocenters. The molecule has 0 spiro atoms. The minimum Gasteiger partial charge on any atom is -0.264 e. The second-order valence-electron chi connectivity index (χ2n) is 1.17. The summed E-state index contributed by atoms with van der Waals surface area (Å²) in [6.07, 6.45) is 5.31. The summed E-state index contributed by atoms with van der Waals surface area (Å²) in [6.45, 7) is 3.62. The number of rotatable bonds is 0. The first kappa shape index (κ1) is 3.34. The molecule has 1 heterocycles. The van der Waals surface area contributed by atoms with Crippen LogP contribution in [-0.4, -0.2) is 6.21 Å². The molecule has 0 fully saturated rings. The average molecular weight is 79.1 g/mol. The van der Waals surface area contributed by atoms with E-state index >= 15 is 0 Å². The van der Waals surface area contributed by atoms with E-state index in [1.165, 1.54) is 0 Å². The van der Waals surface area contributed by atoms with Crippen molar-refractivity contribution < 1.29 is 0 Å². The van der Waals surface area contributed by atoms with Gasteiger partial charge in [-0.1, -0.05) is 6.58 Å². The van der Waals surface area contributed by atoms with Gasteiger partial charge in [0.25, 0.3) is 0 Å². The van der Waals surface area contributed by atoms with Crippen LogP contribution in [0.1, 0.15) is 0 Å². The van der Waals surface area contributed by atoms with Crippen molar-refractivity contribution in [1.82, 2.24) is 0 Å². The van der Waals surface area contributed by atoms with Crippen LogP contribution in [0.3, 0.4) is 0 Å². The summed E-state index contributed by atoms with van der Waals surface area (Å²) in [5.41, 5.74) is 0.981. The predicted octanol–water partition coefficient (Wildman–Crippen LogP) is 1.14. The third-order valence-corrected chi connectivity index (χ3v) is 0.615. The molecule has 0 aromatic carbocycles. The molecule has 0 aromatic heterocycles. The first-order valence-electron chi connectivity index (χ1n) is 1.78. The molecule has 0 bridgehead atoms. The van der Waals surface area contributed by atoms with Crippen LogP contribution < -0.4 is 0 Å². The fourth-order valence-electron chi connectivity index (χ4n) is 0.321. The number of aliphatic imine (C=N–C) groups is 1. The lowest BCUT2D eigenvalue weighted by molar-refractivity contribution is 1.65. The highest BCUT2D eigenvalue weighted by atomic mass is 14.7. The summed E-state index contributed by atoms with van der Waals surface area (Å²) in [5.74, 6) is 0. The van der Waals surface area contributed by atoms with Crippen LogP contribution in [0.15, 0.2) is 29.4 Å². The van der Waals surface area contributed by atoms with Gasteiger partial charge < -0.3 is 0 Å². The van der Waals surface area contributed by atoms with Crippen LogP contribution in [0.25, 0.3) is 0 Å². The summed E-state index contributed by atoms with van der Waals surface area (Å²) in [5, 5.41) is 0. The van der Waals surface area contributed by atoms with Crippen LogP contribution in [0.5, 0.6) is 0 Å². The normalized spacial score (nSPS) is 17.0.